The van der Waals surface area contributed by atoms with Crippen LogP contribution in [0.3, 0.4) is 0 Å². The number of halogens is 2. The number of aryl methyl sites for hydroxylation is 1. The molecule has 2 nitrogen and oxygen atoms in total. The Morgan fingerprint density at radius 1 is 1.18 bits per heavy atom. The molecule has 1 N–H and O–H groups in total. The molecule has 0 unspecified atom stereocenters. The highest BCUT2D eigenvalue weighted by Crippen LogP contribution is 2.17. The van der Waals surface area contributed by atoms with E-state index in [-0.39, 0.29) is 0 Å². The van der Waals surface area contributed by atoms with E-state index in [9.17, 15) is 0 Å². The van der Waals surface area contributed by atoms with E-state index >= 15 is 0 Å². The number of rotatable bonds is 3. The molecule has 17 heavy (non-hydrogen) atoms. The monoisotopic (exact) mass is 266 g/mol. The Morgan fingerprint density at radius 2 is 2.00 bits per heavy atom. The summed E-state index contributed by atoms with van der Waals surface area (Å²) in [4.78, 5) is 3.93. The molecule has 1 aromatic carbocycles. The first-order valence-electron chi connectivity index (χ1n) is 5.25. The Balaban J connectivity index is 2.07. The third kappa shape index (κ3) is 3.35. The maximum atomic E-state index is 5.91. The lowest BCUT2D eigenvalue weighted by atomic mass is 10.1. The number of benzene rings is 1. The van der Waals surface area contributed by atoms with Gasteiger partial charge in [0.2, 0.25) is 0 Å². The second-order valence-corrected chi connectivity index (χ2v) is 4.62. The van der Waals surface area contributed by atoms with Crippen LogP contribution in [-0.2, 0) is 6.54 Å². The number of aromatic nitrogens is 1. The van der Waals surface area contributed by atoms with Crippen LogP contribution >= 0.6 is 23.2 Å². The predicted molar refractivity (Wildman–Crippen MR) is 72.8 cm³/mol. The van der Waals surface area contributed by atoms with Crippen molar-refractivity contribution in [2.75, 3.05) is 5.32 Å². The molecule has 0 bridgehead atoms. The summed E-state index contributed by atoms with van der Waals surface area (Å²) in [6, 6.07) is 9.56. The van der Waals surface area contributed by atoms with Crippen molar-refractivity contribution < 1.29 is 0 Å². The summed E-state index contributed by atoms with van der Waals surface area (Å²) in [6.07, 6.45) is 1.68. The van der Waals surface area contributed by atoms with Crippen LogP contribution in [0.1, 0.15) is 11.1 Å². The molecule has 0 fully saturated rings. The fourth-order valence-corrected chi connectivity index (χ4v) is 1.97. The van der Waals surface area contributed by atoms with E-state index < -0.39 is 0 Å². The van der Waals surface area contributed by atoms with E-state index in [1.54, 1.807) is 12.3 Å². The Bertz CT molecular complexity index is 527. The van der Waals surface area contributed by atoms with Gasteiger partial charge in [-0.3, -0.25) is 0 Å². The van der Waals surface area contributed by atoms with Crippen LogP contribution < -0.4 is 5.32 Å². The van der Waals surface area contributed by atoms with Crippen molar-refractivity contribution in [2.45, 2.75) is 13.5 Å². The van der Waals surface area contributed by atoms with Gasteiger partial charge < -0.3 is 5.32 Å². The van der Waals surface area contributed by atoms with E-state index in [0.717, 1.165) is 17.3 Å². The van der Waals surface area contributed by atoms with Crippen molar-refractivity contribution in [1.29, 1.82) is 0 Å². The van der Waals surface area contributed by atoms with E-state index in [2.05, 4.69) is 10.3 Å². The van der Waals surface area contributed by atoms with Crippen molar-refractivity contribution in [3.05, 3.63) is 57.8 Å². The van der Waals surface area contributed by atoms with Crippen molar-refractivity contribution in [2.24, 2.45) is 0 Å². The van der Waals surface area contributed by atoms with Crippen LogP contribution in [0.4, 0.5) is 5.69 Å². The molecule has 0 saturated heterocycles. The molecule has 0 spiro atoms. The first-order valence-corrected chi connectivity index (χ1v) is 6.01. The molecule has 0 aliphatic carbocycles. The molecule has 4 heteroatoms. The SMILES string of the molecule is Cc1cc(Cl)ccc1CNc1ccnc(Cl)c1. The molecule has 0 radical (unpaired) electrons. The van der Waals surface area contributed by atoms with Crippen molar-refractivity contribution >= 4 is 28.9 Å². The van der Waals surface area contributed by atoms with Gasteiger partial charge in [0.25, 0.3) is 0 Å². The van der Waals surface area contributed by atoms with Crippen LogP contribution in [0.15, 0.2) is 36.5 Å². The lowest BCUT2D eigenvalue weighted by molar-refractivity contribution is 1.11. The summed E-state index contributed by atoms with van der Waals surface area (Å²) >= 11 is 11.7. The van der Waals surface area contributed by atoms with Gasteiger partial charge in [0, 0.05) is 23.5 Å². The zero-order valence-corrected chi connectivity index (χ0v) is 10.9. The number of hydrogen-bond donors (Lipinski definition) is 1. The maximum absolute atomic E-state index is 5.91. The second kappa shape index (κ2) is 5.39. The summed E-state index contributed by atoms with van der Waals surface area (Å²) in [5.41, 5.74) is 3.34. The van der Waals surface area contributed by atoms with Gasteiger partial charge in [-0.1, -0.05) is 29.3 Å². The Morgan fingerprint density at radius 3 is 2.71 bits per heavy atom. The normalized spacial score (nSPS) is 10.3. The third-order valence-electron chi connectivity index (χ3n) is 2.51. The van der Waals surface area contributed by atoms with Gasteiger partial charge in [-0.2, -0.15) is 0 Å². The molecule has 2 rings (SSSR count). The molecule has 0 saturated carbocycles. The first-order chi connectivity index (χ1) is 8.15. The highest BCUT2D eigenvalue weighted by atomic mass is 35.5. The highest BCUT2D eigenvalue weighted by Gasteiger charge is 2.00. The molecule has 88 valence electrons. The second-order valence-electron chi connectivity index (χ2n) is 3.79. The summed E-state index contributed by atoms with van der Waals surface area (Å²) in [6.45, 7) is 2.78. The highest BCUT2D eigenvalue weighted by molar-refractivity contribution is 6.30. The summed E-state index contributed by atoms with van der Waals surface area (Å²) in [5.74, 6) is 0. The minimum Gasteiger partial charge on any atom is -0.381 e. The van der Waals surface area contributed by atoms with E-state index in [1.165, 1.54) is 11.1 Å². The van der Waals surface area contributed by atoms with E-state index in [0.29, 0.717) is 5.15 Å². The summed E-state index contributed by atoms with van der Waals surface area (Å²) < 4.78 is 0. The van der Waals surface area contributed by atoms with Crippen LogP contribution in [-0.4, -0.2) is 4.98 Å². The first kappa shape index (κ1) is 12.2. The molecular formula is C13H12Cl2N2. The molecule has 0 aliphatic heterocycles. The van der Waals surface area contributed by atoms with Gasteiger partial charge in [0.15, 0.2) is 0 Å². The lowest BCUT2D eigenvalue weighted by Gasteiger charge is -2.09. The average molecular weight is 267 g/mol. The van der Waals surface area contributed by atoms with Crippen molar-refractivity contribution in [1.82, 2.24) is 4.98 Å². The van der Waals surface area contributed by atoms with Gasteiger partial charge in [0.05, 0.1) is 0 Å². The Labute approximate surface area is 111 Å². The fraction of sp³-hybridized carbons (Fsp3) is 0.154. The summed E-state index contributed by atoms with van der Waals surface area (Å²) in [7, 11) is 0. The van der Waals surface area contributed by atoms with Gasteiger partial charge in [0.1, 0.15) is 5.15 Å². The lowest BCUT2D eigenvalue weighted by Crippen LogP contribution is -2.01. The van der Waals surface area contributed by atoms with Crippen molar-refractivity contribution in [3.8, 4) is 0 Å². The van der Waals surface area contributed by atoms with E-state index in [1.807, 2.05) is 31.2 Å². The molecule has 1 aromatic heterocycles. The molecule has 2 aromatic rings. The quantitative estimate of drug-likeness (QED) is 0.838. The van der Waals surface area contributed by atoms with Gasteiger partial charge in [-0.15, -0.1) is 0 Å². The van der Waals surface area contributed by atoms with Crippen LogP contribution in [0.5, 0.6) is 0 Å². The smallest absolute Gasteiger partial charge is 0.131 e. The topological polar surface area (TPSA) is 24.9 Å². The van der Waals surface area contributed by atoms with Crippen LogP contribution in [0.25, 0.3) is 0 Å². The molecule has 1 heterocycles. The van der Waals surface area contributed by atoms with Crippen molar-refractivity contribution in [3.63, 3.8) is 0 Å². The Hall–Kier alpha value is -1.25. The van der Waals surface area contributed by atoms with Gasteiger partial charge in [-0.05, 0) is 42.3 Å². The number of nitrogens with zero attached hydrogens (tertiary/aromatic N) is 1. The number of hydrogen-bond acceptors (Lipinski definition) is 2. The van der Waals surface area contributed by atoms with E-state index in [4.69, 9.17) is 23.2 Å². The van der Waals surface area contributed by atoms with Crippen LogP contribution in [0, 0.1) is 6.92 Å². The molecule has 0 amide bonds. The number of nitrogens with one attached hydrogen (secondary N) is 1. The van der Waals surface area contributed by atoms with Crippen LogP contribution in [0.2, 0.25) is 10.2 Å². The average Bonchev–Trinajstić information content (AvgIpc) is 2.28. The minimum absolute atomic E-state index is 0.489. The molecular weight excluding hydrogens is 255 g/mol. The Kier molecular flexibility index (Phi) is 3.87. The number of pyridine rings is 1. The fourth-order valence-electron chi connectivity index (χ4n) is 1.57. The largest absolute Gasteiger partial charge is 0.381 e. The zero-order valence-electron chi connectivity index (χ0n) is 9.37. The number of anilines is 1. The van der Waals surface area contributed by atoms with Gasteiger partial charge >= 0.3 is 0 Å². The minimum atomic E-state index is 0.489. The zero-order chi connectivity index (χ0) is 12.3. The predicted octanol–water partition coefficient (Wildman–Crippen LogP) is 4.31. The molecule has 0 aliphatic rings. The summed E-state index contributed by atoms with van der Waals surface area (Å²) in [5, 5.41) is 4.55. The van der Waals surface area contributed by atoms with Gasteiger partial charge in [-0.25, -0.2) is 4.98 Å². The standard InChI is InChI=1S/C13H12Cl2N2/c1-9-6-11(14)3-2-10(9)8-17-12-4-5-16-13(15)7-12/h2-7H,8H2,1H3,(H,16,17). The molecule has 0 atom stereocenters. The maximum Gasteiger partial charge on any atom is 0.131 e. The third-order valence-corrected chi connectivity index (χ3v) is 2.96.